The molecule has 0 aliphatic heterocycles. The van der Waals surface area contributed by atoms with Gasteiger partial charge in [-0.25, -0.2) is 4.68 Å². The van der Waals surface area contributed by atoms with Crippen LogP contribution in [0.5, 0.6) is 0 Å². The highest BCUT2D eigenvalue weighted by Gasteiger charge is 2.30. The predicted molar refractivity (Wildman–Crippen MR) is 86.8 cm³/mol. The Morgan fingerprint density at radius 3 is 2.38 bits per heavy atom. The minimum absolute atomic E-state index is 0.261. The third-order valence-electron chi connectivity index (χ3n) is 2.78. The van der Waals surface area contributed by atoms with Crippen molar-refractivity contribution in [2.45, 2.75) is 46.3 Å². The Hall–Kier alpha value is -0.463. The molecule has 1 aromatic heterocycles. The van der Waals surface area contributed by atoms with E-state index in [4.69, 9.17) is 13.8 Å². The zero-order chi connectivity index (χ0) is 15.9. The molecular weight excluding hydrogens is 307 g/mol. The van der Waals surface area contributed by atoms with Crippen molar-refractivity contribution in [3.63, 3.8) is 0 Å². The number of rotatable bonds is 10. The highest BCUT2D eigenvalue weighted by Crippen LogP contribution is 2.46. The van der Waals surface area contributed by atoms with Crippen LogP contribution in [0.4, 0.5) is 0 Å². The van der Waals surface area contributed by atoms with E-state index in [-0.39, 0.29) is 6.73 Å². The lowest BCUT2D eigenvalue weighted by atomic mass is 10.7. The first-order valence-electron chi connectivity index (χ1n) is 7.31. The number of nitrogens with zero attached hydrogens (tertiary/aromatic N) is 2. The third kappa shape index (κ3) is 6.04. The van der Waals surface area contributed by atoms with Crippen LogP contribution in [-0.4, -0.2) is 37.7 Å². The van der Waals surface area contributed by atoms with E-state index in [1.54, 1.807) is 30.8 Å². The highest BCUT2D eigenvalue weighted by molar-refractivity contribution is 7.61. The molecule has 0 fully saturated rings. The predicted octanol–water partition coefficient (Wildman–Crippen LogP) is 3.09. The SMILES string of the molecule is CCOP(=O)(OCC)c1ccnn1COCC[Si](C)(C)C. The van der Waals surface area contributed by atoms with Gasteiger partial charge in [-0.2, -0.15) is 5.10 Å². The minimum atomic E-state index is -3.31. The van der Waals surface area contributed by atoms with Gasteiger partial charge in [0.2, 0.25) is 0 Å². The Bertz CT molecular complexity index is 463. The van der Waals surface area contributed by atoms with Crippen LogP contribution in [0, 0.1) is 0 Å². The topological polar surface area (TPSA) is 62.6 Å². The summed E-state index contributed by atoms with van der Waals surface area (Å²) >= 11 is 0. The van der Waals surface area contributed by atoms with Crippen LogP contribution in [0.3, 0.4) is 0 Å². The van der Waals surface area contributed by atoms with Gasteiger partial charge in [0.1, 0.15) is 6.73 Å². The van der Waals surface area contributed by atoms with E-state index in [0.29, 0.717) is 25.3 Å². The number of ether oxygens (including phenoxy) is 1. The van der Waals surface area contributed by atoms with Crippen LogP contribution in [0.2, 0.25) is 25.7 Å². The molecule has 1 rings (SSSR count). The first kappa shape index (κ1) is 18.6. The van der Waals surface area contributed by atoms with E-state index in [9.17, 15) is 4.57 Å². The van der Waals surface area contributed by atoms with Crippen LogP contribution in [0.1, 0.15) is 13.8 Å². The normalized spacial score (nSPS) is 12.8. The summed E-state index contributed by atoms with van der Waals surface area (Å²) in [6.07, 6.45) is 1.59. The Morgan fingerprint density at radius 1 is 1.24 bits per heavy atom. The Labute approximate surface area is 128 Å². The smallest absolute Gasteiger partial charge is 0.360 e. The lowest BCUT2D eigenvalue weighted by molar-refractivity contribution is 0.0799. The van der Waals surface area contributed by atoms with Gasteiger partial charge in [0.25, 0.3) is 0 Å². The number of aromatic nitrogens is 2. The molecule has 0 bridgehead atoms. The van der Waals surface area contributed by atoms with Crippen molar-refractivity contribution in [2.75, 3.05) is 19.8 Å². The van der Waals surface area contributed by atoms with Crippen LogP contribution >= 0.6 is 7.60 Å². The summed E-state index contributed by atoms with van der Waals surface area (Å²) in [5.41, 5.74) is 0.444. The lowest BCUT2D eigenvalue weighted by Crippen LogP contribution is -2.25. The summed E-state index contributed by atoms with van der Waals surface area (Å²) < 4.78 is 30.6. The van der Waals surface area contributed by atoms with Gasteiger partial charge in [0.15, 0.2) is 5.44 Å². The largest absolute Gasteiger partial charge is 0.379 e. The molecule has 1 aromatic rings. The van der Waals surface area contributed by atoms with E-state index < -0.39 is 15.7 Å². The van der Waals surface area contributed by atoms with E-state index in [1.165, 1.54) is 0 Å². The second kappa shape index (κ2) is 8.24. The molecule has 122 valence electrons. The Balaban J connectivity index is 2.69. The highest BCUT2D eigenvalue weighted by atomic mass is 31.2. The van der Waals surface area contributed by atoms with Gasteiger partial charge in [0, 0.05) is 20.9 Å². The zero-order valence-electron chi connectivity index (χ0n) is 13.7. The van der Waals surface area contributed by atoms with E-state index in [0.717, 1.165) is 6.04 Å². The van der Waals surface area contributed by atoms with Crippen LogP contribution < -0.4 is 5.44 Å². The monoisotopic (exact) mass is 334 g/mol. The second-order valence-corrected chi connectivity index (χ2v) is 13.5. The van der Waals surface area contributed by atoms with Gasteiger partial charge in [-0.05, 0) is 26.0 Å². The quantitative estimate of drug-likeness (QED) is 0.374. The standard InChI is InChI=1S/C13H27N2O4PSi/c1-6-18-20(16,19-7-2)13-8-9-14-15(13)12-17-10-11-21(3,4)5/h8-9H,6-7,10-12H2,1-5H3. The average Bonchev–Trinajstić information content (AvgIpc) is 2.83. The molecule has 0 aliphatic rings. The van der Waals surface area contributed by atoms with Gasteiger partial charge in [-0.3, -0.25) is 4.57 Å². The van der Waals surface area contributed by atoms with Crippen LogP contribution in [0.25, 0.3) is 0 Å². The van der Waals surface area contributed by atoms with Crippen molar-refractivity contribution in [3.8, 4) is 0 Å². The molecule has 0 atom stereocenters. The fraction of sp³-hybridized carbons (Fsp3) is 0.769. The summed E-state index contributed by atoms with van der Waals surface area (Å²) in [7, 11) is -4.43. The molecular formula is C13H27N2O4PSi. The summed E-state index contributed by atoms with van der Waals surface area (Å²) in [5.74, 6) is 0. The molecule has 0 radical (unpaired) electrons. The third-order valence-corrected chi connectivity index (χ3v) is 6.62. The van der Waals surface area contributed by atoms with Crippen LogP contribution in [-0.2, 0) is 25.1 Å². The fourth-order valence-corrected chi connectivity index (χ4v) is 4.11. The van der Waals surface area contributed by atoms with Crippen molar-refractivity contribution >= 4 is 21.1 Å². The molecule has 21 heavy (non-hydrogen) atoms. The molecule has 0 amide bonds. The van der Waals surface area contributed by atoms with E-state index in [2.05, 4.69) is 24.7 Å². The molecule has 0 aliphatic carbocycles. The molecule has 0 spiro atoms. The molecule has 0 aromatic carbocycles. The number of hydrogen-bond donors (Lipinski definition) is 0. The molecule has 6 nitrogen and oxygen atoms in total. The van der Waals surface area contributed by atoms with E-state index in [1.807, 2.05) is 0 Å². The summed E-state index contributed by atoms with van der Waals surface area (Å²) in [6.45, 7) is 12.1. The molecule has 8 heteroatoms. The molecule has 0 N–H and O–H groups in total. The molecule has 0 saturated carbocycles. The second-order valence-electron chi connectivity index (χ2n) is 5.87. The van der Waals surface area contributed by atoms with E-state index >= 15 is 0 Å². The van der Waals surface area contributed by atoms with Gasteiger partial charge in [-0.15, -0.1) is 0 Å². The lowest BCUT2D eigenvalue weighted by Gasteiger charge is -2.19. The minimum Gasteiger partial charge on any atom is -0.360 e. The van der Waals surface area contributed by atoms with Crippen LogP contribution in [0.15, 0.2) is 12.3 Å². The summed E-state index contributed by atoms with van der Waals surface area (Å²) in [6, 6.07) is 2.74. The Kier molecular flexibility index (Phi) is 7.30. The first-order chi connectivity index (χ1) is 9.82. The number of hydrogen-bond acceptors (Lipinski definition) is 5. The summed E-state index contributed by atoms with van der Waals surface area (Å²) in [5, 5.41) is 4.15. The first-order valence-corrected chi connectivity index (χ1v) is 12.6. The molecule has 0 saturated heterocycles. The maximum absolute atomic E-state index is 12.7. The Morgan fingerprint density at radius 2 is 1.86 bits per heavy atom. The van der Waals surface area contributed by atoms with Gasteiger partial charge in [-0.1, -0.05) is 19.6 Å². The fourth-order valence-electron chi connectivity index (χ4n) is 1.70. The van der Waals surface area contributed by atoms with Gasteiger partial charge >= 0.3 is 7.60 Å². The van der Waals surface area contributed by atoms with Crippen molar-refractivity contribution in [2.24, 2.45) is 0 Å². The van der Waals surface area contributed by atoms with Crippen molar-refractivity contribution in [1.82, 2.24) is 9.78 Å². The van der Waals surface area contributed by atoms with Crippen molar-refractivity contribution in [1.29, 1.82) is 0 Å². The average molecular weight is 334 g/mol. The van der Waals surface area contributed by atoms with Crippen molar-refractivity contribution < 1.29 is 18.3 Å². The van der Waals surface area contributed by atoms with Gasteiger partial charge in [0.05, 0.1) is 13.2 Å². The zero-order valence-corrected chi connectivity index (χ0v) is 15.6. The maximum Gasteiger partial charge on any atom is 0.379 e. The summed E-state index contributed by atoms with van der Waals surface area (Å²) in [4.78, 5) is 0. The molecule has 1 heterocycles. The van der Waals surface area contributed by atoms with Crippen molar-refractivity contribution in [3.05, 3.63) is 12.3 Å². The molecule has 0 unspecified atom stereocenters. The maximum atomic E-state index is 12.7. The van der Waals surface area contributed by atoms with Gasteiger partial charge < -0.3 is 13.8 Å².